The fraction of sp³-hybridized carbons (Fsp3) is 0.667. The summed E-state index contributed by atoms with van der Waals surface area (Å²) >= 11 is 0. The van der Waals surface area contributed by atoms with Gasteiger partial charge in [-0.3, -0.25) is 0 Å². The first-order valence-electron chi connectivity index (χ1n) is 6.10. The lowest BCUT2D eigenvalue weighted by Gasteiger charge is -2.17. The molecular weight excluding hydrogens is 216 g/mol. The molecule has 5 heteroatoms. The molecule has 2 atom stereocenters. The van der Waals surface area contributed by atoms with Crippen LogP contribution in [0.15, 0.2) is 0 Å². The standard InChI is InChI=1S/C12H20N4O/c1-7-11(13)15-8(2)16-12(7)14-6-9-4-3-5-10(9)17/h9-10,17H,3-6H2,1-2H3,(H3,13,14,15,16). The fourth-order valence-corrected chi connectivity index (χ4v) is 2.31. The summed E-state index contributed by atoms with van der Waals surface area (Å²) < 4.78 is 0. The van der Waals surface area contributed by atoms with Crippen LogP contribution in [0.3, 0.4) is 0 Å². The van der Waals surface area contributed by atoms with Gasteiger partial charge in [-0.15, -0.1) is 0 Å². The van der Waals surface area contributed by atoms with Crippen LogP contribution >= 0.6 is 0 Å². The Morgan fingerprint density at radius 3 is 2.76 bits per heavy atom. The average Bonchev–Trinajstić information content (AvgIpc) is 2.67. The second-order valence-electron chi connectivity index (χ2n) is 4.77. The van der Waals surface area contributed by atoms with E-state index in [1.165, 1.54) is 0 Å². The lowest BCUT2D eigenvalue weighted by molar-refractivity contribution is 0.138. The molecule has 0 amide bonds. The van der Waals surface area contributed by atoms with Crippen LogP contribution in [-0.2, 0) is 0 Å². The highest BCUT2D eigenvalue weighted by molar-refractivity contribution is 5.54. The number of aliphatic hydroxyl groups excluding tert-OH is 1. The molecule has 0 aliphatic heterocycles. The fourth-order valence-electron chi connectivity index (χ4n) is 2.31. The van der Waals surface area contributed by atoms with E-state index in [1.54, 1.807) is 0 Å². The number of hydrogen-bond donors (Lipinski definition) is 3. The van der Waals surface area contributed by atoms with Gasteiger partial charge in [-0.05, 0) is 26.7 Å². The van der Waals surface area contributed by atoms with Gasteiger partial charge in [-0.1, -0.05) is 6.42 Å². The maximum absolute atomic E-state index is 9.75. The molecule has 2 unspecified atom stereocenters. The zero-order valence-corrected chi connectivity index (χ0v) is 10.4. The molecule has 2 rings (SSSR count). The molecule has 0 saturated heterocycles. The van der Waals surface area contributed by atoms with Crippen molar-refractivity contribution >= 4 is 11.6 Å². The number of nitrogens with two attached hydrogens (primary N) is 1. The summed E-state index contributed by atoms with van der Waals surface area (Å²) in [6.45, 7) is 4.48. The van der Waals surface area contributed by atoms with Crippen molar-refractivity contribution in [2.24, 2.45) is 5.92 Å². The van der Waals surface area contributed by atoms with Crippen LogP contribution in [0.2, 0.25) is 0 Å². The van der Waals surface area contributed by atoms with E-state index in [0.717, 1.165) is 37.2 Å². The first kappa shape index (κ1) is 12.1. The van der Waals surface area contributed by atoms with Gasteiger partial charge < -0.3 is 16.2 Å². The van der Waals surface area contributed by atoms with E-state index >= 15 is 0 Å². The van der Waals surface area contributed by atoms with E-state index < -0.39 is 0 Å². The topological polar surface area (TPSA) is 84.1 Å². The van der Waals surface area contributed by atoms with E-state index in [4.69, 9.17) is 5.73 Å². The number of nitrogens with one attached hydrogen (secondary N) is 1. The molecule has 1 aromatic heterocycles. The molecule has 0 bridgehead atoms. The molecule has 1 saturated carbocycles. The van der Waals surface area contributed by atoms with Gasteiger partial charge in [0.2, 0.25) is 0 Å². The van der Waals surface area contributed by atoms with E-state index in [9.17, 15) is 5.11 Å². The van der Waals surface area contributed by atoms with Gasteiger partial charge in [0.15, 0.2) is 0 Å². The second-order valence-corrected chi connectivity index (χ2v) is 4.77. The van der Waals surface area contributed by atoms with Gasteiger partial charge in [-0.25, -0.2) is 9.97 Å². The molecule has 17 heavy (non-hydrogen) atoms. The minimum absolute atomic E-state index is 0.178. The van der Waals surface area contributed by atoms with Gasteiger partial charge in [0, 0.05) is 18.0 Å². The van der Waals surface area contributed by atoms with Crippen LogP contribution < -0.4 is 11.1 Å². The van der Waals surface area contributed by atoms with Crippen molar-refractivity contribution < 1.29 is 5.11 Å². The average molecular weight is 236 g/mol. The summed E-state index contributed by atoms with van der Waals surface area (Å²) in [7, 11) is 0. The van der Waals surface area contributed by atoms with Gasteiger partial charge in [-0.2, -0.15) is 0 Å². The minimum atomic E-state index is -0.178. The van der Waals surface area contributed by atoms with Crippen LogP contribution in [0.4, 0.5) is 11.6 Å². The third-order valence-electron chi connectivity index (χ3n) is 3.45. The first-order chi connectivity index (χ1) is 8.08. The quantitative estimate of drug-likeness (QED) is 0.735. The summed E-state index contributed by atoms with van der Waals surface area (Å²) in [5.41, 5.74) is 6.67. The summed E-state index contributed by atoms with van der Waals surface area (Å²) in [5.74, 6) is 2.30. The number of rotatable bonds is 3. The third kappa shape index (κ3) is 2.66. The second kappa shape index (κ2) is 4.87. The first-order valence-corrected chi connectivity index (χ1v) is 6.10. The number of nitrogens with zero attached hydrogens (tertiary/aromatic N) is 2. The highest BCUT2D eigenvalue weighted by Crippen LogP contribution is 2.26. The van der Waals surface area contributed by atoms with Crippen molar-refractivity contribution in [3.8, 4) is 0 Å². The Morgan fingerprint density at radius 1 is 1.35 bits per heavy atom. The third-order valence-corrected chi connectivity index (χ3v) is 3.45. The number of aryl methyl sites for hydroxylation is 1. The Labute approximate surface area is 101 Å². The summed E-state index contributed by atoms with van der Waals surface area (Å²) in [4.78, 5) is 8.44. The number of aliphatic hydroxyl groups is 1. The lowest BCUT2D eigenvalue weighted by Crippen LogP contribution is -2.23. The van der Waals surface area contributed by atoms with Crippen LogP contribution in [0.25, 0.3) is 0 Å². The maximum Gasteiger partial charge on any atom is 0.134 e. The summed E-state index contributed by atoms with van der Waals surface area (Å²) in [6, 6.07) is 0. The molecule has 1 heterocycles. The van der Waals surface area contributed by atoms with E-state index in [2.05, 4.69) is 15.3 Å². The SMILES string of the molecule is Cc1nc(N)c(C)c(NCC2CCCC2O)n1. The van der Waals surface area contributed by atoms with Gasteiger partial charge in [0.25, 0.3) is 0 Å². The highest BCUT2D eigenvalue weighted by atomic mass is 16.3. The Bertz CT molecular complexity index is 408. The zero-order valence-electron chi connectivity index (χ0n) is 10.4. The molecule has 0 radical (unpaired) electrons. The zero-order chi connectivity index (χ0) is 12.4. The predicted octanol–water partition coefficient (Wildman–Crippen LogP) is 1.25. The molecule has 94 valence electrons. The Balaban J connectivity index is 2.03. The summed E-state index contributed by atoms with van der Waals surface area (Å²) in [6.07, 6.45) is 2.92. The molecule has 1 aliphatic rings. The van der Waals surface area contributed by atoms with Crippen molar-refractivity contribution in [2.75, 3.05) is 17.6 Å². The van der Waals surface area contributed by atoms with Crippen LogP contribution in [0.5, 0.6) is 0 Å². The molecule has 0 aromatic carbocycles. The number of aromatic nitrogens is 2. The lowest BCUT2D eigenvalue weighted by atomic mass is 10.1. The molecule has 0 spiro atoms. The van der Waals surface area contributed by atoms with Gasteiger partial charge >= 0.3 is 0 Å². The number of hydrogen-bond acceptors (Lipinski definition) is 5. The van der Waals surface area contributed by atoms with E-state index in [-0.39, 0.29) is 6.10 Å². The highest BCUT2D eigenvalue weighted by Gasteiger charge is 2.25. The van der Waals surface area contributed by atoms with Crippen molar-refractivity contribution in [3.63, 3.8) is 0 Å². The van der Waals surface area contributed by atoms with E-state index in [0.29, 0.717) is 17.6 Å². The molecular formula is C12H20N4O. The molecule has 1 aromatic rings. The van der Waals surface area contributed by atoms with E-state index in [1.807, 2.05) is 13.8 Å². The number of nitrogen functional groups attached to an aromatic ring is 1. The molecule has 1 aliphatic carbocycles. The maximum atomic E-state index is 9.75. The van der Waals surface area contributed by atoms with Crippen LogP contribution in [0, 0.1) is 19.8 Å². The Kier molecular flexibility index (Phi) is 3.47. The normalized spacial score (nSPS) is 23.9. The molecule has 1 fully saturated rings. The smallest absolute Gasteiger partial charge is 0.134 e. The summed E-state index contributed by atoms with van der Waals surface area (Å²) in [5, 5.41) is 13.0. The Morgan fingerprint density at radius 2 is 2.12 bits per heavy atom. The van der Waals surface area contributed by atoms with Crippen LogP contribution in [0.1, 0.15) is 30.7 Å². The van der Waals surface area contributed by atoms with Crippen LogP contribution in [-0.4, -0.2) is 27.7 Å². The largest absolute Gasteiger partial charge is 0.393 e. The van der Waals surface area contributed by atoms with Crippen molar-refractivity contribution in [1.82, 2.24) is 9.97 Å². The van der Waals surface area contributed by atoms with Crippen molar-refractivity contribution in [1.29, 1.82) is 0 Å². The van der Waals surface area contributed by atoms with Crippen molar-refractivity contribution in [3.05, 3.63) is 11.4 Å². The minimum Gasteiger partial charge on any atom is -0.393 e. The van der Waals surface area contributed by atoms with Gasteiger partial charge in [0.05, 0.1) is 6.10 Å². The molecule has 4 N–H and O–H groups in total. The van der Waals surface area contributed by atoms with Gasteiger partial charge in [0.1, 0.15) is 17.5 Å². The van der Waals surface area contributed by atoms with Crippen molar-refractivity contribution in [2.45, 2.75) is 39.2 Å². The number of anilines is 2. The predicted molar refractivity (Wildman–Crippen MR) is 67.8 cm³/mol. The monoisotopic (exact) mass is 236 g/mol. The Hall–Kier alpha value is -1.36. The molecule has 5 nitrogen and oxygen atoms in total.